The smallest absolute Gasteiger partial charge is 0.222 e. The number of aromatic nitrogens is 1. The molecule has 30 heavy (non-hydrogen) atoms. The molecule has 1 aromatic heterocycles. The van der Waals surface area contributed by atoms with Gasteiger partial charge in [0.05, 0.1) is 5.52 Å². The first-order chi connectivity index (χ1) is 14.6. The molecular weight excluding hydrogens is 372 g/mol. The lowest BCUT2D eigenvalue weighted by Crippen LogP contribution is -2.49. The van der Waals surface area contributed by atoms with Gasteiger partial charge in [0.1, 0.15) is 11.9 Å². The van der Waals surface area contributed by atoms with Crippen LogP contribution in [-0.2, 0) is 4.79 Å². The number of hydrogen-bond acceptors (Lipinski definition) is 3. The number of nitrogens with zero attached hydrogens (tertiary/aromatic N) is 2. The van der Waals surface area contributed by atoms with Crippen LogP contribution >= 0.6 is 0 Å². The summed E-state index contributed by atoms with van der Waals surface area (Å²) in [6.07, 6.45) is 6.76. The van der Waals surface area contributed by atoms with E-state index in [-0.39, 0.29) is 6.10 Å². The van der Waals surface area contributed by atoms with Gasteiger partial charge in [-0.15, -0.1) is 0 Å². The molecule has 2 bridgehead atoms. The number of benzene rings is 2. The standard InChI is InChI=1S/C26H28N2O2/c1-3-25(29)28-20-9-10-21(28)16-23(15-20)30-22-11-6-18(7-12-22)24-13-8-19-5-4-14-27-26(19)17(24)2/h4-8,11-14,20-21,23H,3,9-10,15-16H2,1-2H3. The molecule has 2 aromatic carbocycles. The zero-order chi connectivity index (χ0) is 20.7. The van der Waals surface area contributed by atoms with Crippen molar-refractivity contribution in [2.24, 2.45) is 0 Å². The van der Waals surface area contributed by atoms with Crippen LogP contribution in [-0.4, -0.2) is 34.0 Å². The second-order valence-electron chi connectivity index (χ2n) is 8.59. The number of aryl methyl sites for hydroxylation is 1. The Kier molecular flexibility index (Phi) is 4.93. The minimum atomic E-state index is 0.195. The van der Waals surface area contributed by atoms with E-state index in [0.717, 1.165) is 36.9 Å². The van der Waals surface area contributed by atoms with Gasteiger partial charge in [0.25, 0.3) is 0 Å². The molecule has 0 aliphatic carbocycles. The highest BCUT2D eigenvalue weighted by molar-refractivity contribution is 5.88. The van der Waals surface area contributed by atoms with Crippen LogP contribution in [0.3, 0.4) is 0 Å². The average Bonchev–Trinajstić information content (AvgIpc) is 3.05. The predicted octanol–water partition coefficient (Wildman–Crippen LogP) is 5.52. The van der Waals surface area contributed by atoms with Crippen LogP contribution in [0.25, 0.3) is 22.0 Å². The van der Waals surface area contributed by atoms with Gasteiger partial charge in [-0.2, -0.15) is 0 Å². The average molecular weight is 401 g/mol. The summed E-state index contributed by atoms with van der Waals surface area (Å²) in [5.74, 6) is 1.21. The van der Waals surface area contributed by atoms with Gasteiger partial charge in [-0.05, 0) is 54.7 Å². The van der Waals surface area contributed by atoms with Gasteiger partial charge in [0.2, 0.25) is 5.91 Å². The molecule has 0 N–H and O–H groups in total. The third kappa shape index (κ3) is 3.34. The molecule has 2 saturated heterocycles. The van der Waals surface area contributed by atoms with Crippen molar-refractivity contribution in [3.63, 3.8) is 0 Å². The summed E-state index contributed by atoms with van der Waals surface area (Å²) in [6.45, 7) is 4.09. The third-order valence-corrected chi connectivity index (χ3v) is 6.78. The highest BCUT2D eigenvalue weighted by Gasteiger charge is 2.43. The maximum absolute atomic E-state index is 12.3. The topological polar surface area (TPSA) is 42.4 Å². The van der Waals surface area contributed by atoms with Crippen molar-refractivity contribution in [2.75, 3.05) is 0 Å². The zero-order valence-corrected chi connectivity index (χ0v) is 17.7. The molecule has 0 saturated carbocycles. The van der Waals surface area contributed by atoms with Crippen LogP contribution in [0.1, 0.15) is 44.6 Å². The van der Waals surface area contributed by atoms with Crippen LogP contribution in [0.5, 0.6) is 5.75 Å². The molecule has 4 nitrogen and oxygen atoms in total. The lowest BCUT2D eigenvalue weighted by Gasteiger charge is -2.38. The molecule has 0 spiro atoms. The highest BCUT2D eigenvalue weighted by atomic mass is 16.5. The normalized spacial score (nSPS) is 23.0. The van der Waals surface area contributed by atoms with Gasteiger partial charge < -0.3 is 9.64 Å². The van der Waals surface area contributed by atoms with Gasteiger partial charge in [-0.1, -0.05) is 37.3 Å². The fraction of sp³-hybridized carbons (Fsp3) is 0.385. The van der Waals surface area contributed by atoms with Crippen molar-refractivity contribution >= 4 is 16.8 Å². The van der Waals surface area contributed by atoms with E-state index < -0.39 is 0 Å². The molecule has 2 unspecified atom stereocenters. The Hall–Kier alpha value is -2.88. The summed E-state index contributed by atoms with van der Waals surface area (Å²) in [4.78, 5) is 18.9. The first-order valence-corrected chi connectivity index (χ1v) is 11.1. The lowest BCUT2D eigenvalue weighted by atomic mass is 9.97. The van der Waals surface area contributed by atoms with Crippen molar-refractivity contribution < 1.29 is 9.53 Å². The third-order valence-electron chi connectivity index (χ3n) is 6.78. The molecular formula is C26H28N2O2. The van der Waals surface area contributed by atoms with Gasteiger partial charge in [0.15, 0.2) is 0 Å². The molecule has 5 rings (SSSR count). The Bertz CT molecular complexity index is 1060. The summed E-state index contributed by atoms with van der Waals surface area (Å²) in [7, 11) is 0. The number of rotatable bonds is 4. The summed E-state index contributed by atoms with van der Waals surface area (Å²) in [5.41, 5.74) is 4.64. The van der Waals surface area contributed by atoms with Crippen LogP contribution in [0, 0.1) is 6.92 Å². The van der Waals surface area contributed by atoms with E-state index in [0.29, 0.717) is 24.4 Å². The molecule has 3 aromatic rings. The van der Waals surface area contributed by atoms with Crippen molar-refractivity contribution in [3.05, 3.63) is 60.3 Å². The van der Waals surface area contributed by atoms with E-state index in [1.54, 1.807) is 0 Å². The second-order valence-corrected chi connectivity index (χ2v) is 8.59. The zero-order valence-electron chi connectivity index (χ0n) is 17.7. The highest BCUT2D eigenvalue weighted by Crippen LogP contribution is 2.38. The molecule has 2 atom stereocenters. The van der Waals surface area contributed by atoms with Gasteiger partial charge >= 0.3 is 0 Å². The SMILES string of the molecule is CCC(=O)N1C2CCC1CC(Oc1ccc(-c3ccc4cccnc4c3C)cc1)C2. The number of carbonyl (C=O) groups is 1. The Morgan fingerprint density at radius 2 is 1.80 bits per heavy atom. The van der Waals surface area contributed by atoms with Crippen molar-refractivity contribution in [2.45, 2.75) is 64.1 Å². The Morgan fingerprint density at radius 1 is 1.07 bits per heavy atom. The van der Waals surface area contributed by atoms with E-state index in [1.807, 2.05) is 19.2 Å². The molecule has 1 amide bonds. The van der Waals surface area contributed by atoms with E-state index in [9.17, 15) is 4.79 Å². The van der Waals surface area contributed by atoms with Gasteiger partial charge in [-0.3, -0.25) is 9.78 Å². The van der Waals surface area contributed by atoms with Crippen LogP contribution in [0.2, 0.25) is 0 Å². The second kappa shape index (κ2) is 7.75. The van der Waals surface area contributed by atoms with E-state index in [2.05, 4.69) is 59.3 Å². The van der Waals surface area contributed by atoms with Crippen molar-refractivity contribution in [3.8, 4) is 16.9 Å². The van der Waals surface area contributed by atoms with Gasteiger partial charge in [-0.25, -0.2) is 0 Å². The molecule has 2 aliphatic heterocycles. The first kappa shape index (κ1) is 19.1. The molecule has 3 heterocycles. The summed E-state index contributed by atoms with van der Waals surface area (Å²) in [6, 6.07) is 17.5. The number of carbonyl (C=O) groups excluding carboxylic acids is 1. The number of fused-ring (bicyclic) bond motifs is 3. The van der Waals surface area contributed by atoms with E-state index >= 15 is 0 Å². The summed E-state index contributed by atoms with van der Waals surface area (Å²) < 4.78 is 6.34. The quantitative estimate of drug-likeness (QED) is 0.579. The first-order valence-electron chi connectivity index (χ1n) is 11.1. The Morgan fingerprint density at radius 3 is 2.50 bits per heavy atom. The number of pyridine rings is 1. The molecule has 154 valence electrons. The molecule has 0 radical (unpaired) electrons. The number of hydrogen-bond donors (Lipinski definition) is 0. The minimum Gasteiger partial charge on any atom is -0.490 e. The number of ether oxygens (including phenoxy) is 1. The number of amides is 1. The molecule has 2 fully saturated rings. The Labute approximate surface area is 177 Å². The van der Waals surface area contributed by atoms with Crippen LogP contribution in [0.15, 0.2) is 54.7 Å². The van der Waals surface area contributed by atoms with E-state index in [4.69, 9.17) is 4.74 Å². The monoisotopic (exact) mass is 400 g/mol. The van der Waals surface area contributed by atoms with Crippen LogP contribution in [0.4, 0.5) is 0 Å². The largest absolute Gasteiger partial charge is 0.490 e. The molecule has 2 aliphatic rings. The molecule has 4 heteroatoms. The fourth-order valence-electron chi connectivity index (χ4n) is 5.32. The maximum atomic E-state index is 12.3. The summed E-state index contributed by atoms with van der Waals surface area (Å²) in [5, 5.41) is 1.17. The van der Waals surface area contributed by atoms with E-state index in [1.165, 1.54) is 22.1 Å². The predicted molar refractivity (Wildman–Crippen MR) is 120 cm³/mol. The lowest BCUT2D eigenvalue weighted by molar-refractivity contribution is -0.136. The van der Waals surface area contributed by atoms with Crippen LogP contribution < -0.4 is 4.74 Å². The van der Waals surface area contributed by atoms with Gasteiger partial charge in [0, 0.05) is 42.9 Å². The minimum absolute atomic E-state index is 0.195. The number of piperidine rings is 1. The van der Waals surface area contributed by atoms with Crippen molar-refractivity contribution in [1.82, 2.24) is 9.88 Å². The maximum Gasteiger partial charge on any atom is 0.222 e. The van der Waals surface area contributed by atoms with Crippen molar-refractivity contribution in [1.29, 1.82) is 0 Å². The Balaban J connectivity index is 1.31. The summed E-state index contributed by atoms with van der Waals surface area (Å²) >= 11 is 0. The fourth-order valence-corrected chi connectivity index (χ4v) is 5.32.